The number of carbonyl (C=O) groups excluding carboxylic acids is 2. The highest BCUT2D eigenvalue weighted by molar-refractivity contribution is 7.17. The van der Waals surface area contributed by atoms with Crippen LogP contribution in [-0.2, 0) is 9.53 Å². The van der Waals surface area contributed by atoms with Crippen LogP contribution < -0.4 is 11.1 Å². The number of carbonyl (C=O) groups is 2. The van der Waals surface area contributed by atoms with Crippen LogP contribution in [0.4, 0.5) is 5.13 Å². The molecule has 0 aliphatic carbocycles. The normalized spacial score (nSPS) is 23.6. The number of nitrogens with one attached hydrogen (secondary N) is 1. The van der Waals surface area contributed by atoms with E-state index in [4.69, 9.17) is 10.5 Å². The van der Waals surface area contributed by atoms with Crippen molar-refractivity contribution in [2.24, 2.45) is 11.7 Å². The van der Waals surface area contributed by atoms with Gasteiger partial charge in [0.05, 0.1) is 12.3 Å². The average Bonchev–Trinajstić information content (AvgIpc) is 2.77. The molecule has 0 aromatic carbocycles. The summed E-state index contributed by atoms with van der Waals surface area (Å²) in [6.07, 6.45) is 2.89. The fraction of sp³-hybridized carbons (Fsp3) is 0.545. The van der Waals surface area contributed by atoms with Gasteiger partial charge >= 0.3 is 0 Å². The Morgan fingerprint density at radius 3 is 3.00 bits per heavy atom. The molecule has 2 heterocycles. The fourth-order valence-corrected chi connectivity index (χ4v) is 2.56. The molecule has 7 heteroatoms. The molecular weight excluding hydrogens is 254 g/mol. The summed E-state index contributed by atoms with van der Waals surface area (Å²) in [5.74, 6) is -0.669. The van der Waals surface area contributed by atoms with Gasteiger partial charge in [-0.15, -0.1) is 0 Å². The second-order valence-electron chi connectivity index (χ2n) is 4.29. The number of nitrogens with zero attached hydrogens (tertiary/aromatic N) is 1. The van der Waals surface area contributed by atoms with Crippen LogP contribution >= 0.6 is 11.3 Å². The summed E-state index contributed by atoms with van der Waals surface area (Å²) < 4.78 is 5.39. The molecule has 1 aromatic heterocycles. The second-order valence-corrected chi connectivity index (χ2v) is 5.32. The van der Waals surface area contributed by atoms with Crippen molar-refractivity contribution in [2.75, 3.05) is 11.9 Å². The van der Waals surface area contributed by atoms with E-state index < -0.39 is 5.91 Å². The Morgan fingerprint density at radius 2 is 2.39 bits per heavy atom. The van der Waals surface area contributed by atoms with Crippen LogP contribution in [0, 0.1) is 5.92 Å². The molecule has 1 aliphatic heterocycles. The minimum atomic E-state index is -0.535. The highest BCUT2D eigenvalue weighted by Gasteiger charge is 2.26. The SMILES string of the molecule is C[C@@H]1C[C@H](C(=O)Nc2ncc(C(N)=O)s2)CCO1. The molecule has 1 aliphatic rings. The zero-order valence-corrected chi connectivity index (χ0v) is 10.8. The van der Waals surface area contributed by atoms with Crippen molar-refractivity contribution in [3.8, 4) is 0 Å². The number of aromatic nitrogens is 1. The smallest absolute Gasteiger partial charge is 0.260 e. The quantitative estimate of drug-likeness (QED) is 0.855. The maximum Gasteiger partial charge on any atom is 0.260 e. The van der Waals surface area contributed by atoms with Gasteiger partial charge < -0.3 is 15.8 Å². The molecule has 0 unspecified atom stereocenters. The van der Waals surface area contributed by atoms with Crippen molar-refractivity contribution in [1.82, 2.24) is 4.98 Å². The van der Waals surface area contributed by atoms with Crippen LogP contribution in [0.5, 0.6) is 0 Å². The number of hydrogen-bond acceptors (Lipinski definition) is 5. The molecule has 2 atom stereocenters. The van der Waals surface area contributed by atoms with E-state index in [2.05, 4.69) is 10.3 Å². The van der Waals surface area contributed by atoms with Crippen LogP contribution in [0.2, 0.25) is 0 Å². The molecule has 0 radical (unpaired) electrons. The van der Waals surface area contributed by atoms with Crippen molar-refractivity contribution >= 4 is 28.3 Å². The Labute approximate surface area is 109 Å². The number of ether oxygens (including phenoxy) is 1. The van der Waals surface area contributed by atoms with Gasteiger partial charge in [0, 0.05) is 12.5 Å². The number of amides is 2. The van der Waals surface area contributed by atoms with Gasteiger partial charge in [0.2, 0.25) is 5.91 Å². The zero-order valence-electron chi connectivity index (χ0n) is 10.0. The molecular formula is C11H15N3O3S. The average molecular weight is 269 g/mol. The lowest BCUT2D eigenvalue weighted by Gasteiger charge is -2.25. The summed E-state index contributed by atoms with van der Waals surface area (Å²) in [6.45, 7) is 2.55. The van der Waals surface area contributed by atoms with E-state index in [0.29, 0.717) is 29.5 Å². The van der Waals surface area contributed by atoms with Gasteiger partial charge in [-0.1, -0.05) is 11.3 Å². The van der Waals surface area contributed by atoms with Crippen molar-refractivity contribution in [2.45, 2.75) is 25.9 Å². The van der Waals surface area contributed by atoms with Gasteiger partial charge in [-0.05, 0) is 19.8 Å². The van der Waals surface area contributed by atoms with Crippen molar-refractivity contribution in [3.63, 3.8) is 0 Å². The predicted octanol–water partition coefficient (Wildman–Crippen LogP) is 0.996. The minimum absolute atomic E-state index is 0.0605. The maximum absolute atomic E-state index is 12.0. The number of anilines is 1. The summed E-state index contributed by atoms with van der Waals surface area (Å²) in [7, 11) is 0. The minimum Gasteiger partial charge on any atom is -0.378 e. The van der Waals surface area contributed by atoms with Gasteiger partial charge in [-0.25, -0.2) is 4.98 Å². The van der Waals surface area contributed by atoms with E-state index in [1.54, 1.807) is 0 Å². The van der Waals surface area contributed by atoms with Gasteiger partial charge in [-0.2, -0.15) is 0 Å². The molecule has 0 bridgehead atoms. The Kier molecular flexibility index (Phi) is 3.93. The van der Waals surface area contributed by atoms with E-state index >= 15 is 0 Å². The van der Waals surface area contributed by atoms with Crippen LogP contribution in [0.1, 0.15) is 29.4 Å². The first kappa shape index (κ1) is 13.0. The monoisotopic (exact) mass is 269 g/mol. The molecule has 1 aromatic rings. The summed E-state index contributed by atoms with van der Waals surface area (Å²) >= 11 is 1.09. The van der Waals surface area contributed by atoms with E-state index in [9.17, 15) is 9.59 Å². The summed E-state index contributed by atoms with van der Waals surface area (Å²) in [5.41, 5.74) is 5.12. The molecule has 0 saturated carbocycles. The second kappa shape index (κ2) is 5.45. The number of thiazole rings is 1. The zero-order chi connectivity index (χ0) is 13.1. The molecule has 18 heavy (non-hydrogen) atoms. The van der Waals surface area contributed by atoms with Crippen LogP contribution in [-0.4, -0.2) is 29.5 Å². The molecule has 1 saturated heterocycles. The number of hydrogen-bond donors (Lipinski definition) is 2. The van der Waals surface area contributed by atoms with Crippen molar-refractivity contribution in [1.29, 1.82) is 0 Å². The molecule has 3 N–H and O–H groups in total. The van der Waals surface area contributed by atoms with Gasteiger partial charge in [-0.3, -0.25) is 9.59 Å². The Bertz CT molecular complexity index is 460. The highest BCUT2D eigenvalue weighted by Crippen LogP contribution is 2.23. The number of nitrogens with two attached hydrogens (primary N) is 1. The van der Waals surface area contributed by atoms with Gasteiger partial charge in [0.25, 0.3) is 5.91 Å². The Hall–Kier alpha value is -1.47. The molecule has 2 rings (SSSR count). The topological polar surface area (TPSA) is 94.3 Å². The van der Waals surface area contributed by atoms with Gasteiger partial charge in [0.15, 0.2) is 5.13 Å². The Morgan fingerprint density at radius 1 is 1.61 bits per heavy atom. The number of primary amides is 1. The lowest BCUT2D eigenvalue weighted by molar-refractivity contribution is -0.124. The van der Waals surface area contributed by atoms with E-state index in [1.807, 2.05) is 6.92 Å². The third kappa shape index (κ3) is 3.05. The van der Waals surface area contributed by atoms with Crippen molar-refractivity contribution < 1.29 is 14.3 Å². The van der Waals surface area contributed by atoms with Crippen LogP contribution in [0.3, 0.4) is 0 Å². The standard InChI is InChI=1S/C11H15N3O3S/c1-6-4-7(2-3-17-6)10(16)14-11-13-5-8(18-11)9(12)15/h5-7H,2-4H2,1H3,(H2,12,15)(H,13,14,16)/t6-,7-/m1/s1. The van der Waals surface area contributed by atoms with Crippen molar-refractivity contribution in [3.05, 3.63) is 11.1 Å². The largest absolute Gasteiger partial charge is 0.378 e. The predicted molar refractivity (Wildman–Crippen MR) is 67.4 cm³/mol. The van der Waals surface area contributed by atoms with Crippen LogP contribution in [0.15, 0.2) is 6.20 Å². The molecule has 98 valence electrons. The van der Waals surface area contributed by atoms with Crippen LogP contribution in [0.25, 0.3) is 0 Å². The summed E-state index contributed by atoms with van der Waals surface area (Å²) in [4.78, 5) is 27.2. The van der Waals surface area contributed by atoms with Gasteiger partial charge in [0.1, 0.15) is 4.88 Å². The number of rotatable bonds is 3. The molecule has 2 amide bonds. The first-order valence-electron chi connectivity index (χ1n) is 5.74. The molecule has 0 spiro atoms. The molecule has 6 nitrogen and oxygen atoms in total. The summed E-state index contributed by atoms with van der Waals surface area (Å²) in [5, 5.41) is 3.12. The van der Waals surface area contributed by atoms with E-state index in [-0.39, 0.29) is 17.9 Å². The lowest BCUT2D eigenvalue weighted by atomic mass is 9.95. The first-order chi connectivity index (χ1) is 8.56. The highest BCUT2D eigenvalue weighted by atomic mass is 32.1. The molecule has 1 fully saturated rings. The first-order valence-corrected chi connectivity index (χ1v) is 6.56. The Balaban J connectivity index is 1.95. The van der Waals surface area contributed by atoms with E-state index in [1.165, 1.54) is 6.20 Å². The fourth-order valence-electron chi connectivity index (χ4n) is 1.89. The third-order valence-corrected chi connectivity index (χ3v) is 3.76. The van der Waals surface area contributed by atoms with E-state index in [0.717, 1.165) is 11.3 Å². The third-order valence-electron chi connectivity index (χ3n) is 2.83. The lowest BCUT2D eigenvalue weighted by Crippen LogP contribution is -2.32. The summed E-state index contributed by atoms with van der Waals surface area (Å²) in [6, 6.07) is 0. The maximum atomic E-state index is 12.0.